The minimum absolute atomic E-state index is 0.0328. The Bertz CT molecular complexity index is 1170. The number of nitrogens with zero attached hydrogens (tertiary/aromatic N) is 2. The first kappa shape index (κ1) is 30.2. The Kier molecular flexibility index (Phi) is 11.5. The van der Waals surface area contributed by atoms with Gasteiger partial charge in [-0.2, -0.15) is 0 Å². The highest BCUT2D eigenvalue weighted by Crippen LogP contribution is 2.34. The van der Waals surface area contributed by atoms with Crippen LogP contribution in [0.3, 0.4) is 0 Å². The van der Waals surface area contributed by atoms with Crippen LogP contribution in [-0.2, 0) is 26.2 Å². The number of hydrogen-bond donors (Lipinski definition) is 1. The van der Waals surface area contributed by atoms with Crippen molar-refractivity contribution in [3.8, 4) is 11.5 Å². The van der Waals surface area contributed by atoms with Crippen LogP contribution in [0.25, 0.3) is 0 Å². The van der Waals surface area contributed by atoms with E-state index in [1.165, 1.54) is 25.2 Å². The number of benzene rings is 2. The van der Waals surface area contributed by atoms with Gasteiger partial charge in [-0.05, 0) is 36.6 Å². The number of ether oxygens (including phenoxy) is 2. The Hall–Kier alpha value is -2.98. The molecule has 1 atom stereocenters. The summed E-state index contributed by atoms with van der Waals surface area (Å²) in [6.45, 7) is 3.78. The normalized spacial score (nSPS) is 11.9. The number of hydrogen-bond acceptors (Lipinski definition) is 6. The third-order valence-corrected chi connectivity index (χ3v) is 7.34. The molecule has 11 heteroatoms. The predicted octanol–water partition coefficient (Wildman–Crippen LogP) is 3.85. The van der Waals surface area contributed by atoms with Crippen molar-refractivity contribution in [2.75, 3.05) is 37.9 Å². The molecule has 1 N–H and O–H groups in total. The lowest BCUT2D eigenvalue weighted by atomic mass is 10.1. The molecule has 0 radical (unpaired) electrons. The number of unbranched alkanes of at least 4 members (excludes halogenated alkanes) is 1. The molecule has 204 valence electrons. The second kappa shape index (κ2) is 14.1. The maximum absolute atomic E-state index is 13.8. The summed E-state index contributed by atoms with van der Waals surface area (Å²) in [5, 5.41) is 3.33. The molecule has 0 spiro atoms. The average Bonchev–Trinajstić information content (AvgIpc) is 2.87. The zero-order valence-electron chi connectivity index (χ0n) is 22.0. The summed E-state index contributed by atoms with van der Waals surface area (Å²) in [5.41, 5.74) is 0.790. The molecule has 0 heterocycles. The number of rotatable bonds is 14. The zero-order valence-corrected chi connectivity index (χ0v) is 23.6. The molecule has 2 aromatic rings. The lowest BCUT2D eigenvalue weighted by Crippen LogP contribution is -2.52. The lowest BCUT2D eigenvalue weighted by Gasteiger charge is -2.33. The van der Waals surface area contributed by atoms with Gasteiger partial charge < -0.3 is 19.7 Å². The quantitative estimate of drug-likeness (QED) is 0.356. The van der Waals surface area contributed by atoms with Crippen LogP contribution in [0.4, 0.5) is 5.69 Å². The van der Waals surface area contributed by atoms with Crippen LogP contribution >= 0.6 is 11.6 Å². The van der Waals surface area contributed by atoms with E-state index in [4.69, 9.17) is 21.1 Å². The fourth-order valence-electron chi connectivity index (χ4n) is 3.82. The van der Waals surface area contributed by atoms with Gasteiger partial charge in [0.15, 0.2) is 0 Å². The lowest BCUT2D eigenvalue weighted by molar-refractivity contribution is -0.140. The fourth-order valence-corrected chi connectivity index (χ4v) is 4.86. The van der Waals surface area contributed by atoms with Crippen LogP contribution in [0.2, 0.25) is 5.02 Å². The van der Waals surface area contributed by atoms with Crippen molar-refractivity contribution in [2.24, 2.45) is 0 Å². The van der Waals surface area contributed by atoms with Gasteiger partial charge >= 0.3 is 0 Å². The van der Waals surface area contributed by atoms with Gasteiger partial charge in [-0.25, -0.2) is 8.42 Å². The van der Waals surface area contributed by atoms with E-state index in [0.717, 1.165) is 23.4 Å². The number of methoxy groups -OCH3 is 2. The van der Waals surface area contributed by atoms with E-state index < -0.39 is 28.5 Å². The minimum Gasteiger partial charge on any atom is -0.497 e. The molecule has 2 rings (SSSR count). The largest absolute Gasteiger partial charge is 0.497 e. The monoisotopic (exact) mass is 553 g/mol. The number of nitrogens with one attached hydrogen (secondary N) is 1. The van der Waals surface area contributed by atoms with Crippen LogP contribution < -0.4 is 19.1 Å². The van der Waals surface area contributed by atoms with Crippen LogP contribution in [-0.4, -0.2) is 64.7 Å². The van der Waals surface area contributed by atoms with E-state index in [1.54, 1.807) is 43.3 Å². The predicted molar refractivity (Wildman–Crippen MR) is 146 cm³/mol. The first-order chi connectivity index (χ1) is 17.6. The highest BCUT2D eigenvalue weighted by atomic mass is 35.5. The van der Waals surface area contributed by atoms with Gasteiger partial charge in [0, 0.05) is 24.2 Å². The molecule has 0 bridgehead atoms. The number of amides is 2. The Morgan fingerprint density at radius 2 is 1.78 bits per heavy atom. The van der Waals surface area contributed by atoms with Crippen LogP contribution in [0.15, 0.2) is 42.5 Å². The third-order valence-electron chi connectivity index (χ3n) is 5.85. The molecule has 2 aromatic carbocycles. The molecule has 0 aliphatic heterocycles. The van der Waals surface area contributed by atoms with Crippen molar-refractivity contribution in [3.05, 3.63) is 53.1 Å². The molecule has 2 amide bonds. The van der Waals surface area contributed by atoms with Gasteiger partial charge in [0.1, 0.15) is 24.1 Å². The molecule has 0 saturated carbocycles. The standard InChI is InChI=1S/C26H36ClN3O6S/c1-6-8-15-28-26(32)22(7-2)29(17-19-11-9-10-12-21(19)27)25(31)18-30(37(5,33)34)23-16-20(35-3)13-14-24(23)36-4/h9-14,16,22H,6-8,15,17-18H2,1-5H3,(H,28,32)/t22-/m1/s1. The molecular weight excluding hydrogens is 518 g/mol. The summed E-state index contributed by atoms with van der Waals surface area (Å²) in [7, 11) is -1.07. The SMILES string of the molecule is CCCCNC(=O)[C@@H](CC)N(Cc1ccccc1Cl)C(=O)CN(c1cc(OC)ccc1OC)S(C)(=O)=O. The van der Waals surface area contributed by atoms with E-state index >= 15 is 0 Å². The Morgan fingerprint density at radius 3 is 2.35 bits per heavy atom. The van der Waals surface area contributed by atoms with Gasteiger partial charge in [-0.3, -0.25) is 13.9 Å². The molecule has 0 aliphatic carbocycles. The smallest absolute Gasteiger partial charge is 0.244 e. The van der Waals surface area contributed by atoms with Crippen LogP contribution in [0.5, 0.6) is 11.5 Å². The summed E-state index contributed by atoms with van der Waals surface area (Å²) >= 11 is 6.37. The third kappa shape index (κ3) is 8.26. The minimum atomic E-state index is -3.93. The Labute approximate surface area is 224 Å². The van der Waals surface area contributed by atoms with Crippen molar-refractivity contribution in [1.82, 2.24) is 10.2 Å². The summed E-state index contributed by atoms with van der Waals surface area (Å²) < 4.78 is 37.3. The number of sulfonamides is 1. The van der Waals surface area contributed by atoms with E-state index in [9.17, 15) is 18.0 Å². The van der Waals surface area contributed by atoms with Crippen molar-refractivity contribution >= 4 is 39.1 Å². The number of carbonyl (C=O) groups is 2. The number of carbonyl (C=O) groups excluding carboxylic acids is 2. The summed E-state index contributed by atoms with van der Waals surface area (Å²) in [5.74, 6) is -0.221. The first-order valence-electron chi connectivity index (χ1n) is 12.1. The molecule has 9 nitrogen and oxygen atoms in total. The molecular formula is C26H36ClN3O6S. The average molecular weight is 554 g/mol. The van der Waals surface area contributed by atoms with Crippen molar-refractivity contribution in [3.63, 3.8) is 0 Å². The second-order valence-corrected chi connectivity index (χ2v) is 10.8. The summed E-state index contributed by atoms with van der Waals surface area (Å²) in [6, 6.07) is 10.9. The molecule has 0 aromatic heterocycles. The van der Waals surface area contributed by atoms with Gasteiger partial charge in [-0.1, -0.05) is 50.1 Å². The maximum atomic E-state index is 13.8. The van der Waals surface area contributed by atoms with Gasteiger partial charge in [-0.15, -0.1) is 0 Å². The maximum Gasteiger partial charge on any atom is 0.244 e. The van der Waals surface area contributed by atoms with Gasteiger partial charge in [0.25, 0.3) is 0 Å². The summed E-state index contributed by atoms with van der Waals surface area (Å²) in [4.78, 5) is 28.3. The highest BCUT2D eigenvalue weighted by molar-refractivity contribution is 7.92. The van der Waals surface area contributed by atoms with Crippen LogP contribution in [0, 0.1) is 0 Å². The number of halogens is 1. The number of anilines is 1. The zero-order chi connectivity index (χ0) is 27.6. The topological polar surface area (TPSA) is 105 Å². The molecule has 0 saturated heterocycles. The van der Waals surface area contributed by atoms with E-state index in [0.29, 0.717) is 29.3 Å². The van der Waals surface area contributed by atoms with Gasteiger partial charge in [0.2, 0.25) is 21.8 Å². The van der Waals surface area contributed by atoms with Crippen molar-refractivity contribution in [2.45, 2.75) is 45.7 Å². The van der Waals surface area contributed by atoms with Crippen molar-refractivity contribution < 1.29 is 27.5 Å². The Morgan fingerprint density at radius 1 is 1.08 bits per heavy atom. The Balaban J connectivity index is 2.51. The van der Waals surface area contributed by atoms with E-state index in [-0.39, 0.29) is 23.9 Å². The van der Waals surface area contributed by atoms with Crippen LogP contribution in [0.1, 0.15) is 38.7 Å². The second-order valence-electron chi connectivity index (χ2n) is 8.49. The highest BCUT2D eigenvalue weighted by Gasteiger charge is 2.33. The van der Waals surface area contributed by atoms with Gasteiger partial charge in [0.05, 0.1) is 26.2 Å². The van der Waals surface area contributed by atoms with E-state index in [1.807, 2.05) is 6.92 Å². The molecule has 37 heavy (non-hydrogen) atoms. The van der Waals surface area contributed by atoms with E-state index in [2.05, 4.69) is 5.32 Å². The molecule has 0 aliphatic rings. The molecule has 0 fully saturated rings. The first-order valence-corrected chi connectivity index (χ1v) is 14.3. The summed E-state index contributed by atoms with van der Waals surface area (Å²) in [6.07, 6.45) is 3.05. The fraction of sp³-hybridized carbons (Fsp3) is 0.462. The molecule has 0 unspecified atom stereocenters. The van der Waals surface area contributed by atoms with Crippen molar-refractivity contribution in [1.29, 1.82) is 0 Å².